The fourth-order valence-corrected chi connectivity index (χ4v) is 3.02. The van der Waals surface area contributed by atoms with E-state index >= 15 is 0 Å². The third kappa shape index (κ3) is 5.13. The predicted molar refractivity (Wildman–Crippen MR) is 120 cm³/mol. The smallest absolute Gasteiger partial charge is 0.279 e. The molecule has 2 heterocycles. The van der Waals surface area contributed by atoms with Gasteiger partial charge in [-0.05, 0) is 47.1 Å². The van der Waals surface area contributed by atoms with Gasteiger partial charge in [0.05, 0.1) is 12.7 Å². The highest BCUT2D eigenvalue weighted by Crippen LogP contribution is 2.23. The maximum atomic E-state index is 13.0. The lowest BCUT2D eigenvalue weighted by atomic mass is 10.2. The standard InChI is InChI=1S/C22H18ClN5O4/c1-14(29)25-19-12-24-22(28(21(19)30)13-15-2-4-16(23)5-3-15)26-17-6-8-18(9-7-17)32-20-10-11-31-27-20/h2-12H,13H2,1H3,(H,24,26)(H,25,29). The normalized spacial score (nSPS) is 10.6. The molecule has 162 valence electrons. The van der Waals surface area contributed by atoms with Crippen LogP contribution >= 0.6 is 11.6 Å². The fourth-order valence-electron chi connectivity index (χ4n) is 2.90. The summed E-state index contributed by atoms with van der Waals surface area (Å²) in [5.74, 6) is 0.865. The number of carbonyl (C=O) groups is 1. The molecule has 1 amide bonds. The molecule has 0 aliphatic heterocycles. The van der Waals surface area contributed by atoms with E-state index in [4.69, 9.17) is 20.9 Å². The monoisotopic (exact) mass is 451 g/mol. The summed E-state index contributed by atoms with van der Waals surface area (Å²) in [5.41, 5.74) is 1.23. The molecule has 0 bridgehead atoms. The lowest BCUT2D eigenvalue weighted by Crippen LogP contribution is -2.28. The number of anilines is 3. The van der Waals surface area contributed by atoms with Crippen molar-refractivity contribution in [2.75, 3.05) is 10.6 Å². The van der Waals surface area contributed by atoms with Gasteiger partial charge in [0.25, 0.3) is 11.4 Å². The van der Waals surface area contributed by atoms with Crippen molar-refractivity contribution >= 4 is 34.8 Å². The van der Waals surface area contributed by atoms with Gasteiger partial charge in [-0.15, -0.1) is 0 Å². The molecule has 10 heteroatoms. The Morgan fingerprint density at radius 2 is 1.88 bits per heavy atom. The second-order valence-electron chi connectivity index (χ2n) is 6.78. The third-order valence-corrected chi connectivity index (χ3v) is 4.61. The van der Waals surface area contributed by atoms with Gasteiger partial charge in [0, 0.05) is 23.7 Å². The molecule has 4 aromatic rings. The number of benzene rings is 2. The Kier molecular flexibility index (Phi) is 6.18. The summed E-state index contributed by atoms with van der Waals surface area (Å²) in [6.07, 6.45) is 2.74. The van der Waals surface area contributed by atoms with Crippen molar-refractivity contribution in [1.82, 2.24) is 14.7 Å². The average Bonchev–Trinajstić information content (AvgIpc) is 3.28. The first-order valence-electron chi connectivity index (χ1n) is 9.55. The summed E-state index contributed by atoms with van der Waals surface area (Å²) in [7, 11) is 0. The number of ether oxygens (including phenoxy) is 1. The molecule has 4 rings (SSSR count). The van der Waals surface area contributed by atoms with Crippen LogP contribution in [0.5, 0.6) is 11.6 Å². The average molecular weight is 452 g/mol. The Bertz CT molecular complexity index is 1270. The van der Waals surface area contributed by atoms with E-state index in [9.17, 15) is 9.59 Å². The summed E-state index contributed by atoms with van der Waals surface area (Å²) in [6, 6.07) is 15.8. The molecule has 0 fully saturated rings. The van der Waals surface area contributed by atoms with Crippen LogP contribution in [0.4, 0.5) is 17.3 Å². The van der Waals surface area contributed by atoms with E-state index in [-0.39, 0.29) is 18.1 Å². The molecular weight excluding hydrogens is 434 g/mol. The van der Waals surface area contributed by atoms with Crippen LogP contribution in [0.2, 0.25) is 5.02 Å². The highest BCUT2D eigenvalue weighted by atomic mass is 35.5. The molecule has 0 saturated carbocycles. The van der Waals surface area contributed by atoms with E-state index in [1.54, 1.807) is 42.5 Å². The number of hydrogen-bond acceptors (Lipinski definition) is 7. The molecular formula is C22H18ClN5O4. The van der Waals surface area contributed by atoms with Gasteiger partial charge in [-0.1, -0.05) is 23.7 Å². The van der Waals surface area contributed by atoms with E-state index < -0.39 is 5.56 Å². The number of hydrogen-bond donors (Lipinski definition) is 2. The minimum absolute atomic E-state index is 0.0911. The van der Waals surface area contributed by atoms with Crippen molar-refractivity contribution in [3.05, 3.63) is 88.0 Å². The number of rotatable bonds is 7. The Labute approximate surface area is 187 Å². The first-order valence-corrected chi connectivity index (χ1v) is 9.93. The van der Waals surface area contributed by atoms with Crippen molar-refractivity contribution in [3.63, 3.8) is 0 Å². The second-order valence-corrected chi connectivity index (χ2v) is 7.22. The second kappa shape index (κ2) is 9.36. The Hall–Kier alpha value is -4.11. The van der Waals surface area contributed by atoms with Crippen molar-refractivity contribution in [2.24, 2.45) is 0 Å². The van der Waals surface area contributed by atoms with Crippen LogP contribution in [0.3, 0.4) is 0 Å². The summed E-state index contributed by atoms with van der Waals surface area (Å²) in [4.78, 5) is 28.8. The van der Waals surface area contributed by atoms with E-state index in [0.717, 1.165) is 5.56 Å². The van der Waals surface area contributed by atoms with Crippen LogP contribution in [-0.4, -0.2) is 20.6 Å². The van der Waals surface area contributed by atoms with Gasteiger partial charge in [0.1, 0.15) is 17.7 Å². The first-order chi connectivity index (χ1) is 15.5. The minimum Gasteiger partial charge on any atom is -0.436 e. The van der Waals surface area contributed by atoms with E-state index in [2.05, 4.69) is 20.8 Å². The van der Waals surface area contributed by atoms with E-state index in [1.165, 1.54) is 24.0 Å². The predicted octanol–water partition coefficient (Wildman–Crippen LogP) is 4.43. The summed E-state index contributed by atoms with van der Waals surface area (Å²) in [5, 5.41) is 9.94. The van der Waals surface area contributed by atoms with Gasteiger partial charge >= 0.3 is 0 Å². The number of nitrogens with zero attached hydrogens (tertiary/aromatic N) is 3. The number of nitrogens with one attached hydrogen (secondary N) is 2. The van der Waals surface area contributed by atoms with Crippen LogP contribution in [-0.2, 0) is 11.3 Å². The zero-order chi connectivity index (χ0) is 22.5. The van der Waals surface area contributed by atoms with Crippen molar-refractivity contribution in [1.29, 1.82) is 0 Å². The van der Waals surface area contributed by atoms with Crippen LogP contribution in [0.25, 0.3) is 0 Å². The van der Waals surface area contributed by atoms with Gasteiger partial charge in [-0.3, -0.25) is 14.2 Å². The molecule has 0 saturated heterocycles. The molecule has 0 atom stereocenters. The van der Waals surface area contributed by atoms with Crippen molar-refractivity contribution in [2.45, 2.75) is 13.5 Å². The molecule has 2 aromatic carbocycles. The third-order valence-electron chi connectivity index (χ3n) is 4.36. The van der Waals surface area contributed by atoms with Gasteiger partial charge in [0.2, 0.25) is 11.9 Å². The molecule has 0 unspecified atom stereocenters. The highest BCUT2D eigenvalue weighted by Gasteiger charge is 2.13. The fraction of sp³-hybridized carbons (Fsp3) is 0.0909. The molecule has 32 heavy (non-hydrogen) atoms. The Balaban J connectivity index is 1.61. The van der Waals surface area contributed by atoms with Gasteiger partial charge in [0.15, 0.2) is 0 Å². The number of carbonyl (C=O) groups excluding carboxylic acids is 1. The molecule has 9 nitrogen and oxygen atoms in total. The number of amides is 1. The maximum Gasteiger partial charge on any atom is 0.279 e. The van der Waals surface area contributed by atoms with Gasteiger partial charge in [-0.2, -0.15) is 0 Å². The van der Waals surface area contributed by atoms with Crippen LogP contribution in [0.15, 0.2) is 76.4 Å². The summed E-state index contributed by atoms with van der Waals surface area (Å²) >= 11 is 5.96. The summed E-state index contributed by atoms with van der Waals surface area (Å²) < 4.78 is 11.7. The number of aromatic nitrogens is 3. The molecule has 0 spiro atoms. The van der Waals surface area contributed by atoms with E-state index in [1.807, 2.05) is 12.1 Å². The van der Waals surface area contributed by atoms with Crippen LogP contribution < -0.4 is 20.9 Å². The van der Waals surface area contributed by atoms with Crippen molar-refractivity contribution < 1.29 is 14.1 Å². The Morgan fingerprint density at radius 1 is 1.12 bits per heavy atom. The SMILES string of the molecule is CC(=O)Nc1cnc(Nc2ccc(Oc3ccon3)cc2)n(Cc2ccc(Cl)cc2)c1=O. The zero-order valence-corrected chi connectivity index (χ0v) is 17.7. The van der Waals surface area contributed by atoms with Crippen LogP contribution in [0, 0.1) is 0 Å². The molecule has 2 aromatic heterocycles. The zero-order valence-electron chi connectivity index (χ0n) is 16.9. The maximum absolute atomic E-state index is 13.0. The molecule has 0 radical (unpaired) electrons. The van der Waals surface area contributed by atoms with Crippen LogP contribution in [0.1, 0.15) is 12.5 Å². The topological polar surface area (TPSA) is 111 Å². The van der Waals surface area contributed by atoms with Gasteiger partial charge < -0.3 is 19.9 Å². The summed E-state index contributed by atoms with van der Waals surface area (Å²) in [6.45, 7) is 1.56. The highest BCUT2D eigenvalue weighted by molar-refractivity contribution is 6.30. The molecule has 2 N–H and O–H groups in total. The molecule has 0 aliphatic carbocycles. The van der Waals surface area contributed by atoms with Gasteiger partial charge in [-0.25, -0.2) is 4.98 Å². The van der Waals surface area contributed by atoms with E-state index in [0.29, 0.717) is 28.3 Å². The first kappa shape index (κ1) is 21.1. The lowest BCUT2D eigenvalue weighted by molar-refractivity contribution is -0.114. The number of halogens is 1. The lowest BCUT2D eigenvalue weighted by Gasteiger charge is -2.15. The van der Waals surface area contributed by atoms with Crippen molar-refractivity contribution in [3.8, 4) is 11.6 Å². The Morgan fingerprint density at radius 3 is 2.53 bits per heavy atom. The minimum atomic E-state index is -0.390. The quantitative estimate of drug-likeness (QED) is 0.427. The largest absolute Gasteiger partial charge is 0.436 e. The molecule has 0 aliphatic rings.